The van der Waals surface area contributed by atoms with Crippen LogP contribution in [0.15, 0.2) is 40.8 Å². The molecule has 0 amide bonds. The van der Waals surface area contributed by atoms with Gasteiger partial charge in [0, 0.05) is 23.7 Å². The van der Waals surface area contributed by atoms with Crippen LogP contribution in [0.25, 0.3) is 0 Å². The van der Waals surface area contributed by atoms with Crippen molar-refractivity contribution in [2.75, 3.05) is 13.2 Å². The molecule has 0 saturated heterocycles. The lowest BCUT2D eigenvalue weighted by atomic mass is 10.3. The molecule has 5 nitrogen and oxygen atoms in total. The Morgan fingerprint density at radius 3 is 2.75 bits per heavy atom. The maximum absolute atomic E-state index is 5.48. The highest BCUT2D eigenvalue weighted by Crippen LogP contribution is 2.09. The second-order valence-electron chi connectivity index (χ2n) is 4.98. The van der Waals surface area contributed by atoms with E-state index < -0.39 is 0 Å². The van der Waals surface area contributed by atoms with E-state index >= 15 is 0 Å². The fraction of sp³-hybridized carbons (Fsp3) is 0.412. The maximum Gasteiger partial charge on any atom is 0.213 e. The Morgan fingerprint density at radius 2 is 2.12 bits per heavy atom. The molecule has 0 aliphatic carbocycles. The van der Waals surface area contributed by atoms with Gasteiger partial charge in [0.1, 0.15) is 0 Å². The number of halogens is 1. The Labute approximate surface area is 165 Å². The fourth-order valence-electron chi connectivity index (χ4n) is 1.89. The first-order chi connectivity index (χ1) is 11.3. The lowest BCUT2D eigenvalue weighted by Gasteiger charge is -2.10. The van der Waals surface area contributed by atoms with E-state index in [4.69, 9.17) is 4.74 Å². The minimum Gasteiger partial charge on any atom is -0.478 e. The van der Waals surface area contributed by atoms with Crippen molar-refractivity contribution in [3.63, 3.8) is 0 Å². The summed E-state index contributed by atoms with van der Waals surface area (Å²) in [4.78, 5) is 10.2. The van der Waals surface area contributed by atoms with Crippen LogP contribution in [0, 0.1) is 0 Å². The summed E-state index contributed by atoms with van der Waals surface area (Å²) in [6.45, 7) is 7.03. The second-order valence-corrected chi connectivity index (χ2v) is 6.01. The number of nitrogens with one attached hydrogen (secondary N) is 2. The van der Waals surface area contributed by atoms with Crippen molar-refractivity contribution in [2.45, 2.75) is 33.4 Å². The molecule has 0 saturated carbocycles. The molecular weight excluding hydrogens is 435 g/mol. The topological polar surface area (TPSA) is 58.5 Å². The molecule has 2 rings (SSSR count). The first kappa shape index (κ1) is 20.7. The summed E-state index contributed by atoms with van der Waals surface area (Å²) < 4.78 is 5.48. The predicted octanol–water partition coefficient (Wildman–Crippen LogP) is 3.81. The number of hydrogen-bond acceptors (Lipinski definition) is 4. The molecule has 0 atom stereocenters. The smallest absolute Gasteiger partial charge is 0.213 e. The zero-order valence-corrected chi connectivity index (χ0v) is 17.3. The van der Waals surface area contributed by atoms with E-state index in [0.717, 1.165) is 31.0 Å². The molecule has 7 heteroatoms. The molecule has 0 spiro atoms. The number of guanidine groups is 1. The van der Waals surface area contributed by atoms with Crippen molar-refractivity contribution >= 4 is 41.3 Å². The van der Waals surface area contributed by atoms with Crippen LogP contribution in [0.4, 0.5) is 0 Å². The van der Waals surface area contributed by atoms with Crippen molar-refractivity contribution in [3.05, 3.63) is 46.3 Å². The summed E-state index contributed by atoms with van der Waals surface area (Å²) in [5.41, 5.74) is 1.06. The monoisotopic (exact) mass is 460 g/mol. The number of aromatic nitrogens is 1. The van der Waals surface area contributed by atoms with Crippen LogP contribution in [0.1, 0.15) is 30.7 Å². The van der Waals surface area contributed by atoms with Crippen molar-refractivity contribution in [1.29, 1.82) is 0 Å². The summed E-state index contributed by atoms with van der Waals surface area (Å²) in [6, 6.07) is 8.07. The first-order valence-corrected chi connectivity index (χ1v) is 8.82. The average molecular weight is 460 g/mol. The number of rotatable bonds is 8. The molecule has 2 heterocycles. The van der Waals surface area contributed by atoms with E-state index in [-0.39, 0.29) is 24.0 Å². The normalized spacial score (nSPS) is 10.8. The number of thiophene rings is 1. The Hall–Kier alpha value is -1.35. The van der Waals surface area contributed by atoms with Crippen LogP contribution >= 0.6 is 35.3 Å². The Morgan fingerprint density at radius 1 is 1.25 bits per heavy atom. The third-order valence-corrected chi connectivity index (χ3v) is 3.90. The lowest BCUT2D eigenvalue weighted by molar-refractivity contribution is 0.305. The maximum atomic E-state index is 5.48. The molecule has 2 N–H and O–H groups in total. The van der Waals surface area contributed by atoms with Crippen molar-refractivity contribution in [1.82, 2.24) is 15.6 Å². The molecular formula is C17H25IN4OS. The minimum absolute atomic E-state index is 0. The zero-order chi connectivity index (χ0) is 16.3. The van der Waals surface area contributed by atoms with Crippen LogP contribution < -0.4 is 15.4 Å². The zero-order valence-electron chi connectivity index (χ0n) is 14.1. The highest BCUT2D eigenvalue weighted by Gasteiger charge is 2.00. The summed E-state index contributed by atoms with van der Waals surface area (Å²) in [6.07, 6.45) is 2.80. The Balaban J connectivity index is 0.00000288. The van der Waals surface area contributed by atoms with Gasteiger partial charge < -0.3 is 15.4 Å². The van der Waals surface area contributed by atoms with Gasteiger partial charge in [-0.1, -0.05) is 19.1 Å². The SMILES string of the molecule is CCCOc1ccc(CN=C(NCC)NCc2cccs2)cn1.I. The molecule has 0 bridgehead atoms. The van der Waals surface area contributed by atoms with Crippen molar-refractivity contribution in [2.24, 2.45) is 4.99 Å². The van der Waals surface area contributed by atoms with Crippen molar-refractivity contribution < 1.29 is 4.74 Å². The van der Waals surface area contributed by atoms with Crippen LogP contribution in [0.3, 0.4) is 0 Å². The quantitative estimate of drug-likeness (QED) is 0.358. The standard InChI is InChI=1S/C17H24N4OS.HI/c1-3-9-22-16-8-7-14(11-19-16)12-20-17(18-4-2)21-13-15-6-5-10-23-15;/h5-8,10-11H,3-4,9,12-13H2,1-2H3,(H2,18,20,21);1H. The first-order valence-electron chi connectivity index (χ1n) is 7.94. The number of hydrogen-bond donors (Lipinski definition) is 2. The van der Waals surface area contributed by atoms with E-state index in [1.807, 2.05) is 18.3 Å². The highest BCUT2D eigenvalue weighted by atomic mass is 127. The van der Waals surface area contributed by atoms with Crippen LogP contribution in [-0.2, 0) is 13.1 Å². The number of aliphatic imine (C=N–C) groups is 1. The van der Waals surface area contributed by atoms with Gasteiger partial charge in [0.25, 0.3) is 0 Å². The third-order valence-electron chi connectivity index (χ3n) is 3.03. The van der Waals surface area contributed by atoms with Gasteiger partial charge in [0.2, 0.25) is 5.88 Å². The molecule has 0 unspecified atom stereocenters. The van der Waals surface area contributed by atoms with Gasteiger partial charge in [0.05, 0.1) is 19.7 Å². The van der Waals surface area contributed by atoms with E-state index in [0.29, 0.717) is 19.0 Å². The molecule has 2 aromatic heterocycles. The Bertz CT molecular complexity index is 587. The largest absolute Gasteiger partial charge is 0.478 e. The van der Waals surface area contributed by atoms with E-state index in [1.165, 1.54) is 4.88 Å². The van der Waals surface area contributed by atoms with Gasteiger partial charge in [-0.15, -0.1) is 35.3 Å². The minimum atomic E-state index is 0. The average Bonchev–Trinajstić information content (AvgIpc) is 3.10. The van der Waals surface area contributed by atoms with Crippen LogP contribution in [0.5, 0.6) is 5.88 Å². The van der Waals surface area contributed by atoms with Gasteiger partial charge >= 0.3 is 0 Å². The molecule has 0 fully saturated rings. The Kier molecular flexibility index (Phi) is 10.4. The third kappa shape index (κ3) is 7.48. The fourth-order valence-corrected chi connectivity index (χ4v) is 2.54. The number of pyridine rings is 1. The van der Waals surface area contributed by atoms with Gasteiger partial charge in [-0.05, 0) is 30.4 Å². The van der Waals surface area contributed by atoms with E-state index in [2.05, 4.69) is 52.0 Å². The van der Waals surface area contributed by atoms with Gasteiger partial charge in [-0.25, -0.2) is 9.98 Å². The summed E-state index contributed by atoms with van der Waals surface area (Å²) in [7, 11) is 0. The number of nitrogens with zero attached hydrogens (tertiary/aromatic N) is 2. The lowest BCUT2D eigenvalue weighted by Crippen LogP contribution is -2.36. The highest BCUT2D eigenvalue weighted by molar-refractivity contribution is 14.0. The molecule has 132 valence electrons. The van der Waals surface area contributed by atoms with Crippen LogP contribution in [-0.4, -0.2) is 24.1 Å². The molecule has 2 aromatic rings. The van der Waals surface area contributed by atoms with Gasteiger partial charge in [-0.2, -0.15) is 0 Å². The summed E-state index contributed by atoms with van der Waals surface area (Å²) in [5.74, 6) is 1.48. The van der Waals surface area contributed by atoms with Crippen molar-refractivity contribution in [3.8, 4) is 5.88 Å². The predicted molar refractivity (Wildman–Crippen MR) is 111 cm³/mol. The molecule has 0 radical (unpaired) electrons. The summed E-state index contributed by atoms with van der Waals surface area (Å²) in [5, 5.41) is 8.67. The second kappa shape index (κ2) is 12.1. The van der Waals surface area contributed by atoms with E-state index in [1.54, 1.807) is 11.3 Å². The number of ether oxygens (including phenoxy) is 1. The molecule has 24 heavy (non-hydrogen) atoms. The van der Waals surface area contributed by atoms with E-state index in [9.17, 15) is 0 Å². The molecule has 0 aliphatic heterocycles. The molecule has 0 aliphatic rings. The van der Waals surface area contributed by atoms with Gasteiger partial charge in [0.15, 0.2) is 5.96 Å². The molecule has 0 aromatic carbocycles. The van der Waals surface area contributed by atoms with Gasteiger partial charge in [-0.3, -0.25) is 0 Å². The summed E-state index contributed by atoms with van der Waals surface area (Å²) >= 11 is 1.74. The van der Waals surface area contributed by atoms with Crippen LogP contribution in [0.2, 0.25) is 0 Å².